The minimum absolute atomic E-state index is 0.0612. The lowest BCUT2D eigenvalue weighted by atomic mass is 9.77. The number of carbonyl (C=O) groups is 2. The number of nitrogens with one attached hydrogen (secondary N) is 2. The number of unbranched alkanes of at least 4 members (excludes halogenated alkanes) is 1. The molecule has 0 unspecified atom stereocenters. The van der Waals surface area contributed by atoms with Crippen LogP contribution in [-0.2, 0) is 48.6 Å². The number of amides is 1. The van der Waals surface area contributed by atoms with Gasteiger partial charge in [0, 0.05) is 63.5 Å². The molecule has 8 aromatic rings. The second-order valence-corrected chi connectivity index (χ2v) is 29.5. The lowest BCUT2D eigenvalue weighted by Gasteiger charge is -2.36. The van der Waals surface area contributed by atoms with Crippen LogP contribution in [0.3, 0.4) is 0 Å². The number of ketones is 1. The predicted octanol–water partition coefficient (Wildman–Crippen LogP) is 8.59. The maximum Gasteiger partial charge on any atom is 0.488 e. The molecule has 6 N–H and O–H groups in total. The fourth-order valence-electron chi connectivity index (χ4n) is 13.8. The van der Waals surface area contributed by atoms with Crippen molar-refractivity contribution in [3.8, 4) is 11.1 Å². The van der Waals surface area contributed by atoms with Gasteiger partial charge in [-0.1, -0.05) is 142 Å². The molecular formula is C74H82B2N4O6Si. The Morgan fingerprint density at radius 2 is 1.23 bits per heavy atom. The molecule has 3 aliphatic rings. The van der Waals surface area contributed by atoms with Crippen molar-refractivity contribution in [1.29, 1.82) is 0 Å². The molecule has 11 rings (SSSR count). The zero-order valence-electron chi connectivity index (χ0n) is 51.4. The summed E-state index contributed by atoms with van der Waals surface area (Å²) < 4.78 is 0. The number of hydrogen-bond acceptors (Lipinski definition) is 9. The summed E-state index contributed by atoms with van der Waals surface area (Å²) >= 11 is 0. The van der Waals surface area contributed by atoms with E-state index in [9.17, 15) is 29.7 Å². The van der Waals surface area contributed by atoms with Crippen LogP contribution in [0.5, 0.6) is 0 Å². The van der Waals surface area contributed by atoms with Crippen LogP contribution in [0, 0.1) is 6.92 Å². The zero-order chi connectivity index (χ0) is 61.1. The van der Waals surface area contributed by atoms with Crippen LogP contribution >= 0.6 is 0 Å². The first kappa shape index (κ1) is 61.2. The molecule has 8 aromatic carbocycles. The molecule has 1 aliphatic carbocycles. The SMILES string of the molecule is C=C(C)C(=O)CCCCN(Cc1ccccc1B(O)O)Cc1c2ccccc2c(CN(CCCNC(=O)C(=C)C)Cc2ccccc2B(O)O)c2ccc(-c3ccc(C)c(C4=c5cc6c(cc5[Si](C)(C)c5cc7c(cc54)CCCN7)=CCCC6)c3)cc12. The number of fused-ring (bicyclic) bond motifs is 6. The largest absolute Gasteiger partial charge is 0.488 e. The second-order valence-electron chi connectivity index (χ2n) is 25.2. The molecule has 0 bridgehead atoms. The standard InChI is InChI=1S/C74H82B2N4O6Si/c1-48(2)70(81)29-16-17-36-79(44-56-22-10-14-27-67(56)75(83)84)47-66-59-26-13-12-25-58(59)65(46-80(37-19-35-78-74(82)49(3)4)45-57-23-11-15-28-68(57)76(85)86)60-33-32-54(39-62(60)66)53-31-30-50(5)61(38-53)73-63-40-51-20-8-9-21-52(51)42-71(63)87(6,7)72-43-69-55(41-64(72)73)24-18-34-77-69/h10-15,21-23,25-28,30-33,38-43,77,83-86H,1,3,8-9,16-20,24,29,34-37,44-47H2,2,4-7H3,(H,78,82). The van der Waals surface area contributed by atoms with Gasteiger partial charge in [-0.15, -0.1) is 0 Å². The maximum absolute atomic E-state index is 12.9. The Morgan fingerprint density at radius 1 is 0.621 bits per heavy atom. The van der Waals surface area contributed by atoms with E-state index in [-0.39, 0.29) is 11.7 Å². The molecule has 1 amide bonds. The minimum atomic E-state index is -2.19. The predicted molar refractivity (Wildman–Crippen MR) is 363 cm³/mol. The Labute approximate surface area is 515 Å². The maximum atomic E-state index is 12.9. The number of allylic oxidation sites excluding steroid dienone is 1. The summed E-state index contributed by atoms with van der Waals surface area (Å²) in [5, 5.41) is 59.5. The van der Waals surface area contributed by atoms with Crippen molar-refractivity contribution in [3.05, 3.63) is 218 Å². The third-order valence-electron chi connectivity index (χ3n) is 18.6. The summed E-state index contributed by atoms with van der Waals surface area (Å²) in [6.45, 7) is 23.1. The van der Waals surface area contributed by atoms with Crippen LogP contribution in [0.4, 0.5) is 5.69 Å². The van der Waals surface area contributed by atoms with Crippen molar-refractivity contribution in [2.75, 3.05) is 31.5 Å². The monoisotopic (exact) mass is 1170 g/mol. The number of aryl methyl sites for hydroxylation is 3. The van der Waals surface area contributed by atoms with E-state index >= 15 is 0 Å². The van der Waals surface area contributed by atoms with E-state index in [1.807, 2.05) is 36.4 Å². The Hall–Kier alpha value is -7.45. The average Bonchev–Trinajstić information content (AvgIpc) is 1.15. The highest BCUT2D eigenvalue weighted by atomic mass is 28.3. The number of anilines is 1. The van der Waals surface area contributed by atoms with Crippen LogP contribution in [0.15, 0.2) is 158 Å². The first-order valence-electron chi connectivity index (χ1n) is 31.3. The van der Waals surface area contributed by atoms with Gasteiger partial charge in [-0.2, -0.15) is 0 Å². The third-order valence-corrected chi connectivity index (χ3v) is 22.1. The molecular weight excluding hydrogens is 1090 g/mol. The number of rotatable bonds is 23. The van der Waals surface area contributed by atoms with E-state index in [2.05, 4.69) is 145 Å². The highest BCUT2D eigenvalue weighted by molar-refractivity contribution is 7.01. The normalized spacial score (nSPS) is 14.0. The molecule has 0 saturated heterocycles. The van der Waals surface area contributed by atoms with E-state index in [0.29, 0.717) is 87.1 Å². The molecule has 0 saturated carbocycles. The van der Waals surface area contributed by atoms with Gasteiger partial charge in [0.1, 0.15) is 8.07 Å². The molecule has 0 spiro atoms. The molecule has 2 heterocycles. The highest BCUT2D eigenvalue weighted by Gasteiger charge is 2.37. The molecule has 10 nitrogen and oxygen atoms in total. The minimum Gasteiger partial charge on any atom is -0.423 e. The number of Topliss-reactive ketones (excluding diaryl/α,β-unsaturated/α-hetero) is 1. The van der Waals surface area contributed by atoms with Gasteiger partial charge in [0.2, 0.25) is 5.91 Å². The molecule has 87 heavy (non-hydrogen) atoms. The van der Waals surface area contributed by atoms with Crippen molar-refractivity contribution >= 4 is 94.2 Å². The Bertz CT molecular complexity index is 4140. The smallest absolute Gasteiger partial charge is 0.423 e. The average molecular weight is 1170 g/mol. The van der Waals surface area contributed by atoms with Gasteiger partial charge < -0.3 is 30.7 Å². The molecule has 13 heteroatoms. The summed E-state index contributed by atoms with van der Waals surface area (Å²) in [7, 11) is -5.48. The summed E-state index contributed by atoms with van der Waals surface area (Å²) in [6, 6.07) is 47.8. The Morgan fingerprint density at radius 3 is 1.90 bits per heavy atom. The van der Waals surface area contributed by atoms with E-state index in [4.69, 9.17) is 0 Å². The van der Waals surface area contributed by atoms with Gasteiger partial charge in [-0.05, 0) is 229 Å². The van der Waals surface area contributed by atoms with Crippen molar-refractivity contribution < 1.29 is 29.7 Å². The number of benzene rings is 8. The summed E-state index contributed by atoms with van der Waals surface area (Å²) in [6.07, 6.45) is 10.5. The fourth-order valence-corrected chi connectivity index (χ4v) is 16.9. The topological polar surface area (TPSA) is 146 Å². The lowest BCUT2D eigenvalue weighted by molar-refractivity contribution is -0.117. The van der Waals surface area contributed by atoms with Crippen LogP contribution in [-0.4, -0.2) is 90.1 Å². The molecule has 0 atom stereocenters. The second kappa shape index (κ2) is 26.5. The van der Waals surface area contributed by atoms with Crippen molar-refractivity contribution in [3.63, 3.8) is 0 Å². The fraction of sp³-hybridized carbons (Fsp3) is 0.297. The van der Waals surface area contributed by atoms with E-state index in [1.54, 1.807) is 26.0 Å². The Kier molecular flexibility index (Phi) is 18.6. The van der Waals surface area contributed by atoms with Gasteiger partial charge in [-0.25, -0.2) is 0 Å². The zero-order valence-corrected chi connectivity index (χ0v) is 52.4. The van der Waals surface area contributed by atoms with Gasteiger partial charge in [0.15, 0.2) is 5.78 Å². The summed E-state index contributed by atoms with van der Waals surface area (Å²) in [4.78, 5) is 30.3. The molecule has 0 aromatic heterocycles. The van der Waals surface area contributed by atoms with E-state index in [0.717, 1.165) is 100.0 Å². The van der Waals surface area contributed by atoms with E-state index in [1.165, 1.54) is 59.9 Å². The number of carbonyl (C=O) groups excluding carboxylic acids is 2. The number of nitrogens with zero attached hydrogens (tertiary/aromatic N) is 2. The highest BCUT2D eigenvalue weighted by Crippen LogP contribution is 2.40. The van der Waals surface area contributed by atoms with Crippen LogP contribution in [0.1, 0.15) is 109 Å². The summed E-state index contributed by atoms with van der Waals surface area (Å²) in [5.74, 6) is -0.123. The molecule has 0 radical (unpaired) electrons. The van der Waals surface area contributed by atoms with Crippen molar-refractivity contribution in [2.24, 2.45) is 0 Å². The van der Waals surface area contributed by atoms with Gasteiger partial charge >= 0.3 is 14.2 Å². The van der Waals surface area contributed by atoms with Gasteiger partial charge in [-0.3, -0.25) is 19.4 Å². The number of hydrogen-bond donors (Lipinski definition) is 6. The first-order chi connectivity index (χ1) is 41.9. The summed E-state index contributed by atoms with van der Waals surface area (Å²) in [5.41, 5.74) is 17.3. The van der Waals surface area contributed by atoms with E-state index < -0.39 is 22.3 Å². The van der Waals surface area contributed by atoms with Crippen LogP contribution in [0.25, 0.3) is 44.3 Å². The molecule has 0 fully saturated rings. The quantitative estimate of drug-likeness (QED) is 0.0161. The van der Waals surface area contributed by atoms with Crippen LogP contribution in [0.2, 0.25) is 13.1 Å². The first-order valence-corrected chi connectivity index (χ1v) is 34.3. The van der Waals surface area contributed by atoms with Crippen molar-refractivity contribution in [1.82, 2.24) is 15.1 Å². The van der Waals surface area contributed by atoms with Crippen molar-refractivity contribution in [2.45, 2.75) is 118 Å². The molecule has 444 valence electrons. The molecule has 2 aliphatic heterocycles. The van der Waals surface area contributed by atoms with Gasteiger partial charge in [0.05, 0.1) is 0 Å². The Balaban J connectivity index is 1.10. The van der Waals surface area contributed by atoms with Gasteiger partial charge in [0.25, 0.3) is 0 Å². The lowest BCUT2D eigenvalue weighted by Crippen LogP contribution is -2.63. The van der Waals surface area contributed by atoms with Crippen LogP contribution < -0.4 is 42.4 Å². The third kappa shape index (κ3) is 13.1.